The Morgan fingerprint density at radius 3 is 2.80 bits per heavy atom. The second-order valence-corrected chi connectivity index (χ2v) is 5.89. The summed E-state index contributed by atoms with van der Waals surface area (Å²) in [6.45, 7) is 6.16. The summed E-state index contributed by atoms with van der Waals surface area (Å²) in [6.07, 6.45) is 3.64. The minimum Gasteiger partial charge on any atom is -0.310 e. The number of rotatable bonds is 7. The van der Waals surface area contributed by atoms with Crippen molar-refractivity contribution in [2.24, 2.45) is 0 Å². The highest BCUT2D eigenvalue weighted by molar-refractivity contribution is 14.1. The molecule has 0 spiro atoms. The Labute approximate surface area is 134 Å². The summed E-state index contributed by atoms with van der Waals surface area (Å²) in [5.41, 5.74) is 1.34. The molecular weight excluding hydrogens is 363 g/mol. The third-order valence-electron chi connectivity index (χ3n) is 3.30. The van der Waals surface area contributed by atoms with E-state index < -0.39 is 0 Å². The zero-order valence-electron chi connectivity index (χ0n) is 12.0. The highest BCUT2D eigenvalue weighted by Gasteiger charge is 2.17. The Morgan fingerprint density at radius 1 is 1.30 bits per heavy atom. The van der Waals surface area contributed by atoms with Gasteiger partial charge in [0, 0.05) is 22.6 Å². The second-order valence-electron chi connectivity index (χ2n) is 4.72. The monoisotopic (exact) mass is 384 g/mol. The standard InChI is InChI=1S/C15H21IN4/c1-3-9-17-14(12-7-5-6-8-13(12)16)10-15-18-11-19-20(15)4-2/h5-8,11,14,17H,3-4,9-10H2,1-2H3. The average molecular weight is 384 g/mol. The summed E-state index contributed by atoms with van der Waals surface area (Å²) >= 11 is 2.40. The van der Waals surface area contributed by atoms with E-state index in [0.717, 1.165) is 31.8 Å². The van der Waals surface area contributed by atoms with Gasteiger partial charge in [0.05, 0.1) is 0 Å². The van der Waals surface area contributed by atoms with Gasteiger partial charge >= 0.3 is 0 Å². The first kappa shape index (κ1) is 15.4. The van der Waals surface area contributed by atoms with Crippen molar-refractivity contribution in [3.63, 3.8) is 0 Å². The molecule has 2 rings (SSSR count). The van der Waals surface area contributed by atoms with Crippen molar-refractivity contribution in [1.29, 1.82) is 0 Å². The van der Waals surface area contributed by atoms with Crippen LogP contribution in [-0.2, 0) is 13.0 Å². The molecule has 0 fully saturated rings. The molecule has 1 aromatic heterocycles. The first-order valence-corrected chi connectivity index (χ1v) is 8.18. The molecule has 0 radical (unpaired) electrons. The lowest BCUT2D eigenvalue weighted by Gasteiger charge is -2.20. The van der Waals surface area contributed by atoms with Crippen LogP contribution in [0.4, 0.5) is 0 Å². The molecule has 2 aromatic rings. The summed E-state index contributed by atoms with van der Waals surface area (Å²) < 4.78 is 3.26. The van der Waals surface area contributed by atoms with Crippen LogP contribution in [0.3, 0.4) is 0 Å². The highest BCUT2D eigenvalue weighted by Crippen LogP contribution is 2.22. The van der Waals surface area contributed by atoms with Crippen LogP contribution in [0.5, 0.6) is 0 Å². The summed E-state index contributed by atoms with van der Waals surface area (Å²) in [7, 11) is 0. The van der Waals surface area contributed by atoms with E-state index in [-0.39, 0.29) is 6.04 Å². The average Bonchev–Trinajstić information content (AvgIpc) is 2.91. The zero-order valence-corrected chi connectivity index (χ0v) is 14.2. The lowest BCUT2D eigenvalue weighted by atomic mass is 10.0. The Morgan fingerprint density at radius 2 is 2.10 bits per heavy atom. The molecule has 5 heteroatoms. The minimum atomic E-state index is 0.289. The second kappa shape index (κ2) is 7.73. The molecule has 0 saturated carbocycles. The van der Waals surface area contributed by atoms with Gasteiger partial charge in [-0.1, -0.05) is 25.1 Å². The molecule has 0 saturated heterocycles. The Kier molecular flexibility index (Phi) is 5.97. The fraction of sp³-hybridized carbons (Fsp3) is 0.467. The van der Waals surface area contributed by atoms with E-state index >= 15 is 0 Å². The number of halogens is 1. The number of hydrogen-bond donors (Lipinski definition) is 1. The summed E-state index contributed by atoms with van der Waals surface area (Å²) in [4.78, 5) is 4.40. The van der Waals surface area contributed by atoms with Gasteiger partial charge < -0.3 is 5.32 Å². The fourth-order valence-electron chi connectivity index (χ4n) is 2.26. The third kappa shape index (κ3) is 3.79. The minimum absolute atomic E-state index is 0.289. The molecule has 0 aliphatic heterocycles. The van der Waals surface area contributed by atoms with E-state index in [2.05, 4.69) is 76.1 Å². The first-order chi connectivity index (χ1) is 9.76. The van der Waals surface area contributed by atoms with Gasteiger partial charge in [0.1, 0.15) is 12.2 Å². The summed E-state index contributed by atoms with van der Waals surface area (Å²) in [5, 5.41) is 7.89. The molecule has 1 N–H and O–H groups in total. The number of benzene rings is 1. The van der Waals surface area contributed by atoms with E-state index in [1.165, 1.54) is 9.13 Å². The predicted molar refractivity (Wildman–Crippen MR) is 89.6 cm³/mol. The van der Waals surface area contributed by atoms with Crippen LogP contribution >= 0.6 is 22.6 Å². The summed E-state index contributed by atoms with van der Waals surface area (Å²) in [5.74, 6) is 1.04. The smallest absolute Gasteiger partial charge is 0.138 e. The molecule has 0 bridgehead atoms. The van der Waals surface area contributed by atoms with Crippen molar-refractivity contribution in [2.75, 3.05) is 6.54 Å². The quantitative estimate of drug-likeness (QED) is 0.746. The summed E-state index contributed by atoms with van der Waals surface area (Å²) in [6, 6.07) is 8.82. The van der Waals surface area contributed by atoms with Crippen LogP contribution in [0.1, 0.15) is 37.7 Å². The van der Waals surface area contributed by atoms with Crippen LogP contribution in [0.15, 0.2) is 30.6 Å². The molecular formula is C15H21IN4. The maximum Gasteiger partial charge on any atom is 0.138 e. The molecule has 108 valence electrons. The highest BCUT2D eigenvalue weighted by atomic mass is 127. The topological polar surface area (TPSA) is 42.7 Å². The molecule has 1 aromatic carbocycles. The van der Waals surface area contributed by atoms with Gasteiger partial charge in [0.25, 0.3) is 0 Å². The van der Waals surface area contributed by atoms with E-state index in [4.69, 9.17) is 0 Å². The molecule has 1 heterocycles. The molecule has 1 unspecified atom stereocenters. The van der Waals surface area contributed by atoms with E-state index in [1.54, 1.807) is 6.33 Å². The number of hydrogen-bond acceptors (Lipinski definition) is 3. The van der Waals surface area contributed by atoms with Crippen LogP contribution in [-0.4, -0.2) is 21.3 Å². The normalized spacial score (nSPS) is 12.6. The van der Waals surface area contributed by atoms with Crippen molar-refractivity contribution in [3.05, 3.63) is 45.6 Å². The van der Waals surface area contributed by atoms with Gasteiger partial charge in [0.2, 0.25) is 0 Å². The van der Waals surface area contributed by atoms with Gasteiger partial charge in [-0.3, -0.25) is 4.68 Å². The van der Waals surface area contributed by atoms with Crippen molar-refractivity contribution in [3.8, 4) is 0 Å². The number of aryl methyl sites for hydroxylation is 1. The van der Waals surface area contributed by atoms with Crippen LogP contribution in [0, 0.1) is 3.57 Å². The van der Waals surface area contributed by atoms with Crippen LogP contribution in [0.25, 0.3) is 0 Å². The Bertz CT molecular complexity index is 538. The lowest BCUT2D eigenvalue weighted by molar-refractivity contribution is 0.495. The number of nitrogens with one attached hydrogen (secondary N) is 1. The number of aromatic nitrogens is 3. The molecule has 1 atom stereocenters. The molecule has 0 amide bonds. The van der Waals surface area contributed by atoms with E-state index in [0.29, 0.717) is 0 Å². The van der Waals surface area contributed by atoms with Crippen LogP contribution in [0.2, 0.25) is 0 Å². The van der Waals surface area contributed by atoms with Gasteiger partial charge in [-0.05, 0) is 54.1 Å². The first-order valence-electron chi connectivity index (χ1n) is 7.10. The van der Waals surface area contributed by atoms with E-state index in [9.17, 15) is 0 Å². The van der Waals surface area contributed by atoms with Gasteiger partial charge in [0.15, 0.2) is 0 Å². The SMILES string of the molecule is CCCNC(Cc1ncnn1CC)c1ccccc1I. The molecule has 4 nitrogen and oxygen atoms in total. The zero-order chi connectivity index (χ0) is 14.4. The largest absolute Gasteiger partial charge is 0.310 e. The fourth-order valence-corrected chi connectivity index (χ4v) is 3.02. The van der Waals surface area contributed by atoms with E-state index in [1.807, 2.05) is 4.68 Å². The van der Waals surface area contributed by atoms with Crippen molar-refractivity contribution in [1.82, 2.24) is 20.1 Å². The van der Waals surface area contributed by atoms with Gasteiger partial charge in [-0.2, -0.15) is 5.10 Å². The van der Waals surface area contributed by atoms with Crippen LogP contribution < -0.4 is 5.32 Å². The molecule has 0 aliphatic rings. The molecule has 0 aliphatic carbocycles. The third-order valence-corrected chi connectivity index (χ3v) is 4.29. The lowest BCUT2D eigenvalue weighted by Crippen LogP contribution is -2.26. The Balaban J connectivity index is 2.22. The van der Waals surface area contributed by atoms with Crippen molar-refractivity contribution < 1.29 is 0 Å². The number of nitrogens with zero attached hydrogens (tertiary/aromatic N) is 3. The van der Waals surface area contributed by atoms with Crippen molar-refractivity contribution >= 4 is 22.6 Å². The van der Waals surface area contributed by atoms with Gasteiger partial charge in [-0.15, -0.1) is 0 Å². The van der Waals surface area contributed by atoms with Crippen molar-refractivity contribution in [2.45, 2.75) is 39.3 Å². The van der Waals surface area contributed by atoms with Gasteiger partial charge in [-0.25, -0.2) is 4.98 Å². The predicted octanol–water partition coefficient (Wildman–Crippen LogP) is 3.19. The Hall–Kier alpha value is -0.950. The maximum absolute atomic E-state index is 4.40. The maximum atomic E-state index is 4.40. The molecule has 20 heavy (non-hydrogen) atoms.